The van der Waals surface area contributed by atoms with Gasteiger partial charge in [-0.1, -0.05) is 36.4 Å². The van der Waals surface area contributed by atoms with E-state index in [-0.39, 0.29) is 11.6 Å². The Bertz CT molecular complexity index is 1460. The number of nitrogens with zero attached hydrogens (tertiary/aromatic N) is 1. The lowest BCUT2D eigenvalue weighted by molar-refractivity contribution is -0.137. The highest BCUT2D eigenvalue weighted by atomic mass is 32.2. The zero-order valence-corrected chi connectivity index (χ0v) is 21.7. The molecule has 3 amide bonds. The van der Waals surface area contributed by atoms with Crippen molar-refractivity contribution in [1.29, 1.82) is 0 Å². The molecule has 1 saturated heterocycles. The number of nitrogens with one attached hydrogen (secondary N) is 2. The Morgan fingerprint density at radius 3 is 2.28 bits per heavy atom. The lowest BCUT2D eigenvalue weighted by Crippen LogP contribution is -2.53. The lowest BCUT2D eigenvalue weighted by Gasteiger charge is -2.32. The van der Waals surface area contributed by atoms with Crippen molar-refractivity contribution >= 4 is 33.2 Å². The van der Waals surface area contributed by atoms with Gasteiger partial charge in [-0.05, 0) is 65.9 Å². The van der Waals surface area contributed by atoms with Gasteiger partial charge in [0.2, 0.25) is 5.91 Å². The first kappa shape index (κ1) is 28.1. The van der Waals surface area contributed by atoms with Crippen LogP contribution in [-0.2, 0) is 20.8 Å². The van der Waals surface area contributed by atoms with Crippen molar-refractivity contribution in [2.24, 2.45) is 5.73 Å². The van der Waals surface area contributed by atoms with Crippen molar-refractivity contribution in [2.45, 2.75) is 30.4 Å². The minimum Gasteiger partial charge on any atom is -0.326 e. The van der Waals surface area contributed by atoms with E-state index in [1.54, 1.807) is 53.4 Å². The van der Waals surface area contributed by atoms with Crippen molar-refractivity contribution in [2.75, 3.05) is 23.0 Å². The number of carbonyl (C=O) groups is 2. The smallest absolute Gasteiger partial charge is 0.326 e. The third-order valence-corrected chi connectivity index (χ3v) is 7.61. The minimum absolute atomic E-state index is 0.159. The molecule has 3 aromatic rings. The van der Waals surface area contributed by atoms with Gasteiger partial charge in [-0.3, -0.25) is 4.79 Å². The number of urea groups is 1. The summed E-state index contributed by atoms with van der Waals surface area (Å²) >= 11 is 0. The van der Waals surface area contributed by atoms with Crippen LogP contribution in [0.5, 0.6) is 0 Å². The number of alkyl halides is 3. The minimum atomic E-state index is -4.48. The molecular formula is C27H27F3N4O4S. The van der Waals surface area contributed by atoms with E-state index >= 15 is 0 Å². The van der Waals surface area contributed by atoms with Crippen LogP contribution < -0.4 is 21.3 Å². The van der Waals surface area contributed by atoms with Gasteiger partial charge in [0.25, 0.3) is 0 Å². The van der Waals surface area contributed by atoms with Gasteiger partial charge in [0.05, 0.1) is 5.56 Å². The quantitative estimate of drug-likeness (QED) is 0.404. The second kappa shape index (κ2) is 11.1. The number of benzene rings is 3. The molecule has 0 saturated carbocycles. The Labute approximate surface area is 223 Å². The van der Waals surface area contributed by atoms with Crippen LogP contribution in [0, 0.1) is 0 Å². The van der Waals surface area contributed by atoms with Crippen molar-refractivity contribution in [1.82, 2.24) is 5.32 Å². The molecule has 1 heterocycles. The molecule has 0 radical (unpaired) electrons. The molecule has 3 aromatic carbocycles. The number of hydrogen-bond acceptors (Lipinski definition) is 5. The van der Waals surface area contributed by atoms with Crippen LogP contribution >= 0.6 is 0 Å². The van der Waals surface area contributed by atoms with E-state index in [0.29, 0.717) is 36.2 Å². The van der Waals surface area contributed by atoms with Crippen molar-refractivity contribution in [3.8, 4) is 11.1 Å². The molecule has 4 N–H and O–H groups in total. The van der Waals surface area contributed by atoms with Crippen LogP contribution in [0.25, 0.3) is 11.1 Å². The summed E-state index contributed by atoms with van der Waals surface area (Å²) in [6.45, 7) is 0.437. The van der Waals surface area contributed by atoms with E-state index in [1.165, 1.54) is 0 Å². The monoisotopic (exact) mass is 560 g/mol. The third kappa shape index (κ3) is 6.58. The highest BCUT2D eigenvalue weighted by molar-refractivity contribution is 7.90. The van der Waals surface area contributed by atoms with Gasteiger partial charge in [-0.2, -0.15) is 13.2 Å². The van der Waals surface area contributed by atoms with Gasteiger partial charge in [0.1, 0.15) is 11.4 Å². The molecule has 0 aliphatic carbocycles. The highest BCUT2D eigenvalue weighted by Crippen LogP contribution is 2.32. The summed E-state index contributed by atoms with van der Waals surface area (Å²) in [6, 6.07) is 16.4. The van der Waals surface area contributed by atoms with Gasteiger partial charge in [0, 0.05) is 24.2 Å². The first-order valence-corrected chi connectivity index (χ1v) is 14.0. The van der Waals surface area contributed by atoms with Gasteiger partial charge < -0.3 is 21.3 Å². The number of amides is 3. The number of carbonyl (C=O) groups excluding carboxylic acids is 2. The maximum Gasteiger partial charge on any atom is 0.416 e. The standard InChI is InChI=1S/C27H27F3N4O4S/c1-39(37,38)24(31)22-6-3-2-5-21(22)17-8-14-20(15-9-17)34-16-4-7-23(25(34)35)33-26(36)32-19-12-10-18(11-13-19)27(28,29)30/h2-3,5-6,8-15,23-24H,4,7,16,31H2,1H3,(H2,32,33,36)/t23-,24?/m1/s1. The number of rotatable bonds is 6. The average Bonchev–Trinajstić information content (AvgIpc) is 2.89. The van der Waals surface area contributed by atoms with Crippen LogP contribution in [0.2, 0.25) is 0 Å². The van der Waals surface area contributed by atoms with E-state index in [4.69, 9.17) is 5.73 Å². The van der Waals surface area contributed by atoms with E-state index < -0.39 is 39.0 Å². The fourth-order valence-electron chi connectivity index (χ4n) is 4.39. The SMILES string of the molecule is CS(=O)(=O)C(N)c1ccccc1-c1ccc(N2CCC[C@@H](NC(=O)Nc3ccc(C(F)(F)F)cc3)C2=O)cc1. The Kier molecular flexibility index (Phi) is 7.98. The lowest BCUT2D eigenvalue weighted by atomic mass is 9.98. The van der Waals surface area contributed by atoms with Crippen LogP contribution in [-0.4, -0.2) is 39.2 Å². The molecule has 0 bridgehead atoms. The maximum atomic E-state index is 13.2. The first-order valence-electron chi connectivity index (χ1n) is 12.0. The number of piperidine rings is 1. The van der Waals surface area contributed by atoms with Crippen molar-refractivity contribution in [3.63, 3.8) is 0 Å². The van der Waals surface area contributed by atoms with E-state index in [9.17, 15) is 31.2 Å². The summed E-state index contributed by atoms with van der Waals surface area (Å²) in [5.74, 6) is -0.323. The summed E-state index contributed by atoms with van der Waals surface area (Å²) in [4.78, 5) is 27.1. The highest BCUT2D eigenvalue weighted by Gasteiger charge is 2.32. The zero-order valence-electron chi connectivity index (χ0n) is 20.9. The molecule has 1 aliphatic heterocycles. The Hall–Kier alpha value is -3.90. The average molecular weight is 561 g/mol. The number of sulfone groups is 1. The number of anilines is 2. The summed E-state index contributed by atoms with van der Waals surface area (Å²) in [5, 5.41) is 3.87. The number of nitrogens with two attached hydrogens (primary N) is 1. The molecule has 0 aromatic heterocycles. The van der Waals surface area contributed by atoms with E-state index in [1.807, 2.05) is 0 Å². The van der Waals surface area contributed by atoms with Gasteiger partial charge >= 0.3 is 12.2 Å². The molecule has 1 aliphatic rings. The maximum absolute atomic E-state index is 13.2. The molecule has 4 rings (SSSR count). The molecule has 1 unspecified atom stereocenters. The zero-order chi connectivity index (χ0) is 28.4. The molecule has 12 heteroatoms. The Morgan fingerprint density at radius 2 is 1.67 bits per heavy atom. The van der Waals surface area contributed by atoms with Crippen molar-refractivity contribution < 1.29 is 31.2 Å². The summed E-state index contributed by atoms with van der Waals surface area (Å²) < 4.78 is 62.3. The van der Waals surface area contributed by atoms with Crippen LogP contribution in [0.3, 0.4) is 0 Å². The fraction of sp³-hybridized carbons (Fsp3) is 0.259. The third-order valence-electron chi connectivity index (χ3n) is 6.43. The predicted molar refractivity (Wildman–Crippen MR) is 143 cm³/mol. The molecule has 1 fully saturated rings. The van der Waals surface area contributed by atoms with Crippen LogP contribution in [0.4, 0.5) is 29.3 Å². The predicted octanol–water partition coefficient (Wildman–Crippen LogP) is 4.69. The largest absolute Gasteiger partial charge is 0.416 e. The summed E-state index contributed by atoms with van der Waals surface area (Å²) in [6.07, 6.45) is -2.38. The molecule has 8 nitrogen and oxygen atoms in total. The summed E-state index contributed by atoms with van der Waals surface area (Å²) in [5.41, 5.74) is 7.75. The first-order chi connectivity index (χ1) is 18.3. The fourth-order valence-corrected chi connectivity index (χ4v) is 5.06. The molecule has 0 spiro atoms. The molecular weight excluding hydrogens is 533 g/mol. The van der Waals surface area contributed by atoms with Crippen molar-refractivity contribution in [3.05, 3.63) is 83.9 Å². The van der Waals surface area contributed by atoms with Crippen LogP contribution in [0.1, 0.15) is 29.3 Å². The number of hydrogen-bond donors (Lipinski definition) is 3. The van der Waals surface area contributed by atoms with Gasteiger partial charge in [-0.25, -0.2) is 13.2 Å². The molecule has 39 heavy (non-hydrogen) atoms. The topological polar surface area (TPSA) is 122 Å². The Morgan fingerprint density at radius 1 is 1.03 bits per heavy atom. The second-order valence-corrected chi connectivity index (χ2v) is 11.4. The molecule has 206 valence electrons. The van der Waals surface area contributed by atoms with Gasteiger partial charge in [0.15, 0.2) is 9.84 Å². The van der Waals surface area contributed by atoms with E-state index in [0.717, 1.165) is 36.1 Å². The summed E-state index contributed by atoms with van der Waals surface area (Å²) in [7, 11) is -3.52. The molecule has 2 atom stereocenters. The Balaban J connectivity index is 1.44. The van der Waals surface area contributed by atoms with E-state index in [2.05, 4.69) is 10.6 Å². The normalized spacial score (nSPS) is 17.0. The van der Waals surface area contributed by atoms with Crippen LogP contribution in [0.15, 0.2) is 72.8 Å². The van der Waals surface area contributed by atoms with Gasteiger partial charge in [-0.15, -0.1) is 0 Å². The number of halogens is 3. The second-order valence-electron chi connectivity index (χ2n) is 9.24.